The lowest BCUT2D eigenvalue weighted by molar-refractivity contribution is -0.137. The zero-order chi connectivity index (χ0) is 25.9. The summed E-state index contributed by atoms with van der Waals surface area (Å²) in [5.41, 5.74) is -1.65. The standard InChI is InChI=1S/C20H24ClF3N4O5S/c1-12(2)32-17-9-14(6-7-34(30,31)27-18(29)33-19(3,4)5)28(26-17)11-16-15(21)8-13(10-25-16)20(22,23)24/h6-10,12H,11H2,1-5H3,(H,27,29)/b7-6+. The van der Waals surface area contributed by atoms with E-state index in [-0.39, 0.29) is 34.9 Å². The van der Waals surface area contributed by atoms with Gasteiger partial charge in [0.25, 0.3) is 10.0 Å². The maximum Gasteiger partial charge on any atom is 0.421 e. The average molecular weight is 525 g/mol. The van der Waals surface area contributed by atoms with Gasteiger partial charge < -0.3 is 9.47 Å². The number of hydrogen-bond donors (Lipinski definition) is 1. The Morgan fingerprint density at radius 2 is 1.91 bits per heavy atom. The molecule has 0 bridgehead atoms. The predicted octanol–water partition coefficient (Wildman–Crippen LogP) is 4.61. The van der Waals surface area contributed by atoms with Gasteiger partial charge in [0.15, 0.2) is 0 Å². The quantitative estimate of drug-likeness (QED) is 0.562. The van der Waals surface area contributed by atoms with Gasteiger partial charge in [-0.05, 0) is 46.8 Å². The number of carbonyl (C=O) groups excluding carboxylic acids is 1. The summed E-state index contributed by atoms with van der Waals surface area (Å²) in [5, 5.41) is 4.65. The molecule has 0 saturated carbocycles. The summed E-state index contributed by atoms with van der Waals surface area (Å²) in [4.78, 5) is 15.5. The van der Waals surface area contributed by atoms with Crippen molar-refractivity contribution in [3.63, 3.8) is 0 Å². The molecule has 0 unspecified atom stereocenters. The molecule has 1 N–H and O–H groups in total. The molecule has 0 aliphatic carbocycles. The minimum Gasteiger partial charge on any atom is -0.474 e. The van der Waals surface area contributed by atoms with Crippen molar-refractivity contribution in [1.82, 2.24) is 19.5 Å². The molecule has 0 fully saturated rings. The SMILES string of the molecule is CC(C)Oc1cc(/C=C/S(=O)(=O)NC(=O)OC(C)(C)C)n(Cc2ncc(C(F)(F)F)cc2Cl)n1. The lowest BCUT2D eigenvalue weighted by atomic mass is 10.2. The highest BCUT2D eigenvalue weighted by Gasteiger charge is 2.31. The minimum absolute atomic E-state index is 0.0678. The molecule has 2 aromatic heterocycles. The first kappa shape index (κ1) is 27.4. The predicted molar refractivity (Wildman–Crippen MR) is 119 cm³/mol. The van der Waals surface area contributed by atoms with Crippen LogP contribution in [0.15, 0.2) is 23.7 Å². The van der Waals surface area contributed by atoms with Gasteiger partial charge in [-0.25, -0.2) is 17.9 Å². The highest BCUT2D eigenvalue weighted by Crippen LogP contribution is 2.31. The van der Waals surface area contributed by atoms with Gasteiger partial charge >= 0.3 is 12.3 Å². The number of alkyl halides is 3. The number of rotatable bonds is 7. The lowest BCUT2D eigenvalue weighted by Gasteiger charge is -2.19. The number of halogens is 4. The molecule has 0 aliphatic heterocycles. The number of aromatic nitrogens is 3. The summed E-state index contributed by atoms with van der Waals surface area (Å²) in [6, 6.07) is 2.15. The Balaban J connectivity index is 2.33. The molecule has 0 radical (unpaired) electrons. The molecule has 0 atom stereocenters. The smallest absolute Gasteiger partial charge is 0.421 e. The molecule has 1 amide bonds. The fraction of sp³-hybridized carbons (Fsp3) is 0.450. The van der Waals surface area contributed by atoms with Gasteiger partial charge in [0, 0.05) is 12.3 Å². The Labute approximate surface area is 200 Å². The van der Waals surface area contributed by atoms with Crippen molar-refractivity contribution in [3.8, 4) is 5.88 Å². The molecule has 2 aromatic rings. The third kappa shape index (κ3) is 8.52. The number of nitrogens with zero attached hydrogens (tertiary/aromatic N) is 3. The van der Waals surface area contributed by atoms with Crippen LogP contribution in [0, 0.1) is 0 Å². The van der Waals surface area contributed by atoms with E-state index in [0.717, 1.165) is 12.1 Å². The van der Waals surface area contributed by atoms with Crippen molar-refractivity contribution in [2.75, 3.05) is 0 Å². The van der Waals surface area contributed by atoms with Crippen LogP contribution >= 0.6 is 11.6 Å². The van der Waals surface area contributed by atoms with E-state index in [1.54, 1.807) is 39.3 Å². The second-order valence-electron chi connectivity index (χ2n) is 8.33. The normalized spacial score (nSPS) is 12.9. The molecule has 2 rings (SSSR count). The molecule has 188 valence electrons. The lowest BCUT2D eigenvalue weighted by Crippen LogP contribution is -2.35. The molecule has 9 nitrogen and oxygen atoms in total. The van der Waals surface area contributed by atoms with Crippen molar-refractivity contribution < 1.29 is 35.9 Å². The van der Waals surface area contributed by atoms with Crippen LogP contribution in [-0.4, -0.2) is 41.0 Å². The van der Waals surface area contributed by atoms with E-state index in [4.69, 9.17) is 21.1 Å². The third-order valence-electron chi connectivity index (χ3n) is 3.73. The van der Waals surface area contributed by atoms with E-state index in [0.29, 0.717) is 11.6 Å². The van der Waals surface area contributed by atoms with Gasteiger partial charge in [-0.2, -0.15) is 13.2 Å². The van der Waals surface area contributed by atoms with Gasteiger partial charge in [-0.3, -0.25) is 9.67 Å². The molecule has 2 heterocycles. The Bertz CT molecular complexity index is 1170. The first-order chi connectivity index (χ1) is 15.4. The van der Waals surface area contributed by atoms with Gasteiger partial charge in [0.2, 0.25) is 5.88 Å². The van der Waals surface area contributed by atoms with E-state index in [1.165, 1.54) is 10.7 Å². The second kappa shape index (κ2) is 10.2. The van der Waals surface area contributed by atoms with E-state index in [1.807, 2.05) is 0 Å². The first-order valence-corrected chi connectivity index (χ1v) is 11.8. The molecule has 34 heavy (non-hydrogen) atoms. The molecule has 0 spiro atoms. The zero-order valence-corrected chi connectivity index (χ0v) is 20.5. The number of amides is 1. The molecule has 0 saturated heterocycles. The average Bonchev–Trinajstić information content (AvgIpc) is 2.99. The van der Waals surface area contributed by atoms with E-state index < -0.39 is 33.5 Å². The van der Waals surface area contributed by atoms with E-state index >= 15 is 0 Å². The highest BCUT2D eigenvalue weighted by molar-refractivity contribution is 7.93. The third-order valence-corrected chi connectivity index (χ3v) is 5.00. The number of ether oxygens (including phenoxy) is 2. The fourth-order valence-electron chi connectivity index (χ4n) is 2.45. The summed E-state index contributed by atoms with van der Waals surface area (Å²) in [7, 11) is -4.24. The summed E-state index contributed by atoms with van der Waals surface area (Å²) < 4.78 is 76.5. The number of hydrogen-bond acceptors (Lipinski definition) is 7. The van der Waals surface area contributed by atoms with Gasteiger partial charge in [0.05, 0.1) is 40.0 Å². The maximum atomic E-state index is 12.9. The number of nitrogens with one attached hydrogen (secondary N) is 1. The summed E-state index contributed by atoms with van der Waals surface area (Å²) >= 11 is 5.98. The van der Waals surface area contributed by atoms with Crippen molar-refractivity contribution in [2.24, 2.45) is 0 Å². The number of carbonyl (C=O) groups is 1. The fourth-order valence-corrected chi connectivity index (χ4v) is 3.34. The van der Waals surface area contributed by atoms with Gasteiger partial charge in [-0.1, -0.05) is 11.6 Å². The largest absolute Gasteiger partial charge is 0.474 e. The van der Waals surface area contributed by atoms with Gasteiger partial charge in [0.1, 0.15) is 5.60 Å². The summed E-state index contributed by atoms with van der Waals surface area (Å²) in [5.74, 6) is 0.134. The topological polar surface area (TPSA) is 112 Å². The Kier molecular flexibility index (Phi) is 8.25. The van der Waals surface area contributed by atoms with Crippen molar-refractivity contribution in [1.29, 1.82) is 0 Å². The van der Waals surface area contributed by atoms with Crippen LogP contribution in [0.1, 0.15) is 51.6 Å². The highest BCUT2D eigenvalue weighted by atomic mass is 35.5. The monoisotopic (exact) mass is 524 g/mol. The minimum atomic E-state index is -4.61. The number of pyridine rings is 1. The van der Waals surface area contributed by atoms with Crippen LogP contribution in [0.2, 0.25) is 5.02 Å². The zero-order valence-electron chi connectivity index (χ0n) is 19.0. The Hall–Kier alpha value is -2.80. The molecule has 14 heteroatoms. The van der Waals surface area contributed by atoms with Crippen LogP contribution in [-0.2, 0) is 27.5 Å². The van der Waals surface area contributed by atoms with E-state index in [9.17, 15) is 26.4 Å². The first-order valence-electron chi connectivity index (χ1n) is 9.85. The Morgan fingerprint density at radius 3 is 2.44 bits per heavy atom. The molecular formula is C20H24ClF3N4O5S. The summed E-state index contributed by atoms with van der Waals surface area (Å²) in [6.45, 7) is 8.03. The van der Waals surface area contributed by atoms with E-state index in [2.05, 4.69) is 10.1 Å². The Morgan fingerprint density at radius 1 is 1.26 bits per heavy atom. The van der Waals surface area contributed by atoms with Crippen LogP contribution in [0.4, 0.5) is 18.0 Å². The van der Waals surface area contributed by atoms with Crippen LogP contribution in [0.25, 0.3) is 6.08 Å². The molecular weight excluding hydrogens is 501 g/mol. The van der Waals surface area contributed by atoms with Crippen LogP contribution in [0.3, 0.4) is 0 Å². The van der Waals surface area contributed by atoms with Gasteiger partial charge in [-0.15, -0.1) is 5.10 Å². The van der Waals surface area contributed by atoms with Crippen molar-refractivity contribution >= 4 is 33.8 Å². The van der Waals surface area contributed by atoms with Crippen molar-refractivity contribution in [3.05, 3.63) is 45.7 Å². The summed E-state index contributed by atoms with van der Waals surface area (Å²) in [6.07, 6.45) is -4.25. The number of sulfonamides is 1. The maximum absolute atomic E-state index is 12.9. The second-order valence-corrected chi connectivity index (χ2v) is 10.3. The van der Waals surface area contributed by atoms with Crippen LogP contribution < -0.4 is 9.46 Å². The van der Waals surface area contributed by atoms with Crippen LogP contribution in [0.5, 0.6) is 5.88 Å². The molecule has 0 aromatic carbocycles. The molecule has 0 aliphatic rings. The van der Waals surface area contributed by atoms with Crippen molar-refractivity contribution in [2.45, 2.75) is 59.0 Å².